The van der Waals surface area contributed by atoms with Crippen molar-refractivity contribution in [2.75, 3.05) is 0 Å². The smallest absolute Gasteiger partial charge is 0.267 e. The summed E-state index contributed by atoms with van der Waals surface area (Å²) in [5.41, 5.74) is 2.62. The molecule has 0 unspecified atom stereocenters. The molecule has 0 fully saturated rings. The maximum Gasteiger partial charge on any atom is 0.267 e. The van der Waals surface area contributed by atoms with Crippen LogP contribution in [0.4, 0.5) is 0 Å². The summed E-state index contributed by atoms with van der Waals surface area (Å²) in [5, 5.41) is 6.29. The Hall–Kier alpha value is -3.06. The monoisotopic (exact) mass is 350 g/mol. The standard InChI is InChI=1S/C18H14N4O2S/c1-12-11-25-18-19-14(9-17(24)22(12)18)10-21-16(23)8-7-15(20-21)13-5-3-2-4-6-13/h2-9,11H,10H2,1H3. The van der Waals surface area contributed by atoms with Crippen molar-refractivity contribution in [3.63, 3.8) is 0 Å². The van der Waals surface area contributed by atoms with Crippen LogP contribution in [-0.4, -0.2) is 19.2 Å². The first-order chi connectivity index (χ1) is 12.1. The molecule has 124 valence electrons. The van der Waals surface area contributed by atoms with Gasteiger partial charge >= 0.3 is 0 Å². The number of fused-ring (bicyclic) bond motifs is 1. The van der Waals surface area contributed by atoms with Crippen LogP contribution in [0.1, 0.15) is 11.4 Å². The van der Waals surface area contributed by atoms with Gasteiger partial charge in [0.05, 0.1) is 17.9 Å². The van der Waals surface area contributed by atoms with Crippen LogP contribution in [0.5, 0.6) is 0 Å². The molecule has 0 saturated heterocycles. The van der Waals surface area contributed by atoms with Crippen LogP contribution in [0.3, 0.4) is 0 Å². The van der Waals surface area contributed by atoms with E-state index in [0.717, 1.165) is 11.3 Å². The molecule has 0 aliphatic rings. The second kappa shape index (κ2) is 6.10. The Labute approximate surface area is 146 Å². The molecular formula is C18H14N4O2S. The lowest BCUT2D eigenvalue weighted by atomic mass is 10.1. The number of rotatable bonds is 3. The molecule has 0 saturated carbocycles. The molecule has 3 heterocycles. The number of hydrogen-bond acceptors (Lipinski definition) is 5. The molecule has 0 radical (unpaired) electrons. The number of thiazole rings is 1. The number of aromatic nitrogens is 4. The van der Waals surface area contributed by atoms with E-state index in [4.69, 9.17) is 0 Å². The van der Waals surface area contributed by atoms with Gasteiger partial charge in [-0.3, -0.25) is 14.0 Å². The van der Waals surface area contributed by atoms with Crippen LogP contribution in [0.25, 0.3) is 16.2 Å². The van der Waals surface area contributed by atoms with Gasteiger partial charge in [-0.05, 0) is 13.0 Å². The predicted octanol–water partition coefficient (Wildman–Crippen LogP) is 2.34. The molecule has 3 aromatic heterocycles. The summed E-state index contributed by atoms with van der Waals surface area (Å²) in [6, 6.07) is 14.3. The van der Waals surface area contributed by atoms with Gasteiger partial charge in [-0.25, -0.2) is 9.67 Å². The zero-order valence-corrected chi connectivity index (χ0v) is 14.2. The lowest BCUT2D eigenvalue weighted by Gasteiger charge is -2.07. The molecule has 4 rings (SSSR count). The Morgan fingerprint density at radius 2 is 1.84 bits per heavy atom. The van der Waals surface area contributed by atoms with Crippen molar-refractivity contribution in [1.29, 1.82) is 0 Å². The van der Waals surface area contributed by atoms with Crippen LogP contribution in [0, 0.1) is 6.92 Å². The fourth-order valence-corrected chi connectivity index (χ4v) is 3.55. The third-order valence-electron chi connectivity index (χ3n) is 3.88. The Bertz CT molecular complexity index is 1180. The Morgan fingerprint density at radius 3 is 2.64 bits per heavy atom. The second-order valence-electron chi connectivity index (χ2n) is 5.66. The van der Waals surface area contributed by atoms with Crippen molar-refractivity contribution in [3.8, 4) is 11.3 Å². The van der Waals surface area contributed by atoms with Gasteiger partial charge in [0.15, 0.2) is 4.96 Å². The summed E-state index contributed by atoms with van der Waals surface area (Å²) in [4.78, 5) is 29.5. The topological polar surface area (TPSA) is 69.3 Å². The molecule has 0 aliphatic carbocycles. The van der Waals surface area contributed by atoms with Crippen molar-refractivity contribution in [1.82, 2.24) is 19.2 Å². The summed E-state index contributed by atoms with van der Waals surface area (Å²) >= 11 is 1.40. The van der Waals surface area contributed by atoms with Crippen molar-refractivity contribution < 1.29 is 0 Å². The van der Waals surface area contributed by atoms with Gasteiger partial charge in [-0.1, -0.05) is 30.3 Å². The third-order valence-corrected chi connectivity index (χ3v) is 4.82. The van der Waals surface area contributed by atoms with Gasteiger partial charge in [0, 0.05) is 28.8 Å². The second-order valence-corrected chi connectivity index (χ2v) is 6.50. The summed E-state index contributed by atoms with van der Waals surface area (Å²) in [5.74, 6) is 0. The fraction of sp³-hybridized carbons (Fsp3) is 0.111. The first-order valence-corrected chi connectivity index (χ1v) is 8.60. The van der Waals surface area contributed by atoms with Crippen LogP contribution in [0.15, 0.2) is 63.5 Å². The zero-order valence-electron chi connectivity index (χ0n) is 13.4. The highest BCUT2D eigenvalue weighted by atomic mass is 32.1. The van der Waals surface area contributed by atoms with Crippen molar-refractivity contribution in [2.24, 2.45) is 0 Å². The van der Waals surface area contributed by atoms with Gasteiger partial charge in [-0.2, -0.15) is 5.10 Å². The van der Waals surface area contributed by atoms with Gasteiger partial charge in [0.25, 0.3) is 11.1 Å². The molecular weight excluding hydrogens is 336 g/mol. The van der Waals surface area contributed by atoms with E-state index in [1.807, 2.05) is 42.6 Å². The molecule has 0 amide bonds. The Balaban J connectivity index is 1.76. The number of benzene rings is 1. The largest absolute Gasteiger partial charge is 0.269 e. The summed E-state index contributed by atoms with van der Waals surface area (Å²) < 4.78 is 2.89. The van der Waals surface area contributed by atoms with Gasteiger partial charge in [0.2, 0.25) is 0 Å². The van der Waals surface area contributed by atoms with Crippen LogP contribution < -0.4 is 11.1 Å². The summed E-state index contributed by atoms with van der Waals surface area (Å²) in [6.45, 7) is 2.02. The van der Waals surface area contributed by atoms with Gasteiger partial charge < -0.3 is 0 Å². The minimum Gasteiger partial charge on any atom is -0.269 e. The Morgan fingerprint density at radius 1 is 1.04 bits per heavy atom. The average Bonchev–Trinajstić information content (AvgIpc) is 2.99. The van der Waals surface area contributed by atoms with E-state index in [-0.39, 0.29) is 17.7 Å². The maximum absolute atomic E-state index is 12.3. The molecule has 25 heavy (non-hydrogen) atoms. The third kappa shape index (κ3) is 2.89. The highest BCUT2D eigenvalue weighted by Crippen LogP contribution is 2.15. The lowest BCUT2D eigenvalue weighted by molar-refractivity contribution is 0.630. The molecule has 6 nitrogen and oxygen atoms in total. The number of hydrogen-bond donors (Lipinski definition) is 0. The number of aryl methyl sites for hydroxylation is 1. The first kappa shape index (κ1) is 15.5. The fourth-order valence-electron chi connectivity index (χ4n) is 2.66. The van der Waals surface area contributed by atoms with Crippen molar-refractivity contribution in [3.05, 3.63) is 86.0 Å². The van der Waals surface area contributed by atoms with Gasteiger partial charge in [-0.15, -0.1) is 11.3 Å². The molecule has 0 bridgehead atoms. The normalized spacial score (nSPS) is 11.1. The zero-order chi connectivity index (χ0) is 17.4. The molecule has 4 aromatic rings. The van der Waals surface area contributed by atoms with E-state index in [0.29, 0.717) is 16.3 Å². The predicted molar refractivity (Wildman–Crippen MR) is 97.1 cm³/mol. The lowest BCUT2D eigenvalue weighted by Crippen LogP contribution is -2.25. The van der Waals surface area contributed by atoms with E-state index in [9.17, 15) is 9.59 Å². The van der Waals surface area contributed by atoms with Crippen LogP contribution in [-0.2, 0) is 6.54 Å². The number of nitrogens with zero attached hydrogens (tertiary/aromatic N) is 4. The molecule has 7 heteroatoms. The minimum absolute atomic E-state index is 0.147. The van der Waals surface area contributed by atoms with Crippen LogP contribution in [0.2, 0.25) is 0 Å². The van der Waals surface area contributed by atoms with Crippen molar-refractivity contribution >= 4 is 16.3 Å². The SMILES string of the molecule is Cc1csc2nc(Cn3nc(-c4ccccc4)ccc3=O)cc(=O)n12. The summed E-state index contributed by atoms with van der Waals surface area (Å²) in [7, 11) is 0. The maximum atomic E-state index is 12.3. The first-order valence-electron chi connectivity index (χ1n) is 7.72. The minimum atomic E-state index is -0.232. The van der Waals surface area contributed by atoms with Crippen molar-refractivity contribution in [2.45, 2.75) is 13.5 Å². The Kier molecular flexibility index (Phi) is 3.77. The average molecular weight is 350 g/mol. The summed E-state index contributed by atoms with van der Waals surface area (Å²) in [6.07, 6.45) is 0. The van der Waals surface area contributed by atoms with Crippen LogP contribution >= 0.6 is 11.3 Å². The van der Waals surface area contributed by atoms with E-state index in [1.54, 1.807) is 10.5 Å². The van der Waals surface area contributed by atoms with Gasteiger partial charge in [0.1, 0.15) is 0 Å². The molecule has 0 atom stereocenters. The van der Waals surface area contributed by atoms with E-state index in [2.05, 4.69) is 10.1 Å². The molecule has 0 aliphatic heterocycles. The van der Waals surface area contributed by atoms with E-state index < -0.39 is 0 Å². The van der Waals surface area contributed by atoms with E-state index >= 15 is 0 Å². The molecule has 0 spiro atoms. The molecule has 1 aromatic carbocycles. The highest BCUT2D eigenvalue weighted by molar-refractivity contribution is 7.15. The molecule has 0 N–H and O–H groups in total. The highest BCUT2D eigenvalue weighted by Gasteiger charge is 2.09. The van der Waals surface area contributed by atoms with E-state index in [1.165, 1.54) is 28.2 Å². The quantitative estimate of drug-likeness (QED) is 0.569.